The van der Waals surface area contributed by atoms with Gasteiger partial charge in [-0.15, -0.1) is 0 Å². The van der Waals surface area contributed by atoms with E-state index in [4.69, 9.17) is 23.2 Å². The largest absolute Gasteiger partial charge is 0.285 e. The van der Waals surface area contributed by atoms with Crippen LogP contribution in [0.1, 0.15) is 15.9 Å². The van der Waals surface area contributed by atoms with Crippen molar-refractivity contribution in [1.82, 2.24) is 4.90 Å². The molecule has 25 heavy (non-hydrogen) atoms. The number of thioether (sulfide) groups is 1. The SMILES string of the molecule is O=C(c1c(F)cccc1Cl)N1CCN=C1SCc1c(F)cccc1Cl. The van der Waals surface area contributed by atoms with Crippen LogP contribution in [0.4, 0.5) is 8.78 Å². The number of amidine groups is 1. The predicted octanol–water partition coefficient (Wildman–Crippen LogP) is 5.02. The van der Waals surface area contributed by atoms with Crippen molar-refractivity contribution in [3.63, 3.8) is 0 Å². The minimum absolute atomic E-state index is 0.0402. The highest BCUT2D eigenvalue weighted by Gasteiger charge is 2.29. The van der Waals surface area contributed by atoms with Crippen LogP contribution in [0.5, 0.6) is 0 Å². The third-order valence-corrected chi connectivity index (χ3v) is 5.34. The van der Waals surface area contributed by atoms with Crippen LogP contribution in [0.25, 0.3) is 0 Å². The van der Waals surface area contributed by atoms with E-state index in [0.717, 1.165) is 0 Å². The number of hydrogen-bond acceptors (Lipinski definition) is 3. The molecule has 0 atom stereocenters. The van der Waals surface area contributed by atoms with E-state index in [1.54, 1.807) is 6.07 Å². The quantitative estimate of drug-likeness (QED) is 0.724. The van der Waals surface area contributed by atoms with Gasteiger partial charge in [-0.2, -0.15) is 0 Å². The Morgan fingerprint density at radius 2 is 1.80 bits per heavy atom. The van der Waals surface area contributed by atoms with E-state index in [9.17, 15) is 13.6 Å². The molecular formula is C17H12Cl2F2N2OS. The number of benzene rings is 2. The summed E-state index contributed by atoms with van der Waals surface area (Å²) in [4.78, 5) is 18.3. The molecule has 0 aromatic heterocycles. The molecule has 1 aliphatic rings. The summed E-state index contributed by atoms with van der Waals surface area (Å²) in [6.07, 6.45) is 0. The van der Waals surface area contributed by atoms with Gasteiger partial charge in [0.2, 0.25) is 0 Å². The molecule has 0 saturated carbocycles. The average molecular weight is 401 g/mol. The Labute approximate surface area is 157 Å². The number of halogens is 4. The molecule has 1 heterocycles. The molecule has 0 unspecified atom stereocenters. The maximum absolute atomic E-state index is 14.0. The van der Waals surface area contributed by atoms with Crippen LogP contribution in [0.2, 0.25) is 10.0 Å². The fourth-order valence-electron chi connectivity index (χ4n) is 2.38. The standard InChI is InChI=1S/C17H12Cl2F2N2OS/c18-11-3-1-5-13(20)10(11)9-25-17-22-7-8-23(17)16(24)15-12(19)4-2-6-14(15)21/h1-6H,7-9H2. The normalized spacial score (nSPS) is 13.9. The van der Waals surface area contributed by atoms with Gasteiger partial charge in [0.05, 0.1) is 17.1 Å². The van der Waals surface area contributed by atoms with Gasteiger partial charge in [-0.25, -0.2) is 8.78 Å². The van der Waals surface area contributed by atoms with Crippen molar-refractivity contribution in [2.75, 3.05) is 13.1 Å². The van der Waals surface area contributed by atoms with Gasteiger partial charge in [-0.3, -0.25) is 14.7 Å². The fourth-order valence-corrected chi connectivity index (χ4v) is 4.01. The number of aliphatic imine (C=N–C) groups is 1. The molecule has 3 rings (SSSR count). The second-order valence-electron chi connectivity index (χ2n) is 5.21. The summed E-state index contributed by atoms with van der Waals surface area (Å²) >= 11 is 13.1. The van der Waals surface area contributed by atoms with E-state index in [0.29, 0.717) is 28.8 Å². The zero-order chi connectivity index (χ0) is 18.0. The van der Waals surface area contributed by atoms with Crippen LogP contribution in [-0.4, -0.2) is 29.1 Å². The Hall–Kier alpha value is -1.63. The van der Waals surface area contributed by atoms with E-state index >= 15 is 0 Å². The van der Waals surface area contributed by atoms with Gasteiger partial charge in [0, 0.05) is 22.9 Å². The van der Waals surface area contributed by atoms with Gasteiger partial charge in [0.25, 0.3) is 5.91 Å². The maximum atomic E-state index is 14.0. The number of carbonyl (C=O) groups excluding carboxylic acids is 1. The predicted molar refractivity (Wildman–Crippen MR) is 97.5 cm³/mol. The molecule has 1 aliphatic heterocycles. The molecule has 0 spiro atoms. The van der Waals surface area contributed by atoms with E-state index in [2.05, 4.69) is 4.99 Å². The van der Waals surface area contributed by atoms with Gasteiger partial charge in [-0.05, 0) is 24.3 Å². The lowest BCUT2D eigenvalue weighted by Gasteiger charge is -2.19. The van der Waals surface area contributed by atoms with Crippen molar-refractivity contribution in [2.45, 2.75) is 5.75 Å². The Balaban J connectivity index is 1.78. The highest BCUT2D eigenvalue weighted by Crippen LogP contribution is 2.28. The lowest BCUT2D eigenvalue weighted by molar-refractivity contribution is 0.0856. The van der Waals surface area contributed by atoms with Crippen LogP contribution in [0.15, 0.2) is 41.4 Å². The number of amides is 1. The molecule has 130 valence electrons. The summed E-state index contributed by atoms with van der Waals surface area (Å²) in [6, 6.07) is 8.51. The number of rotatable bonds is 3. The lowest BCUT2D eigenvalue weighted by atomic mass is 10.2. The molecule has 0 N–H and O–H groups in total. The van der Waals surface area contributed by atoms with Crippen LogP contribution < -0.4 is 0 Å². The zero-order valence-electron chi connectivity index (χ0n) is 12.8. The molecular weight excluding hydrogens is 389 g/mol. The van der Waals surface area contributed by atoms with Gasteiger partial charge in [0.15, 0.2) is 5.17 Å². The minimum atomic E-state index is -0.689. The number of hydrogen-bond donors (Lipinski definition) is 0. The monoisotopic (exact) mass is 400 g/mol. The molecule has 8 heteroatoms. The van der Waals surface area contributed by atoms with Gasteiger partial charge >= 0.3 is 0 Å². The molecule has 0 aliphatic carbocycles. The smallest absolute Gasteiger partial charge is 0.264 e. The molecule has 2 aromatic carbocycles. The van der Waals surface area contributed by atoms with Gasteiger partial charge < -0.3 is 0 Å². The first-order chi connectivity index (χ1) is 12.0. The number of carbonyl (C=O) groups is 1. The highest BCUT2D eigenvalue weighted by atomic mass is 35.5. The summed E-state index contributed by atoms with van der Waals surface area (Å²) in [5.74, 6) is -1.47. The molecule has 2 aromatic rings. The third-order valence-electron chi connectivity index (χ3n) is 3.63. The molecule has 3 nitrogen and oxygen atoms in total. The van der Waals surface area contributed by atoms with Crippen LogP contribution in [0, 0.1) is 11.6 Å². The van der Waals surface area contributed by atoms with E-state index in [1.807, 2.05) is 0 Å². The molecule has 0 bridgehead atoms. The first-order valence-electron chi connectivity index (χ1n) is 7.35. The van der Waals surface area contributed by atoms with Crippen molar-refractivity contribution < 1.29 is 13.6 Å². The Bertz CT molecular complexity index is 820. The summed E-state index contributed by atoms with van der Waals surface area (Å²) in [5.41, 5.74) is 0.142. The lowest BCUT2D eigenvalue weighted by Crippen LogP contribution is -2.33. The summed E-state index contributed by atoms with van der Waals surface area (Å²) in [7, 11) is 0. The van der Waals surface area contributed by atoms with Crippen LogP contribution in [-0.2, 0) is 5.75 Å². The Morgan fingerprint density at radius 1 is 1.12 bits per heavy atom. The van der Waals surface area contributed by atoms with Gasteiger partial charge in [-0.1, -0.05) is 47.1 Å². The Kier molecular flexibility index (Phi) is 5.61. The average Bonchev–Trinajstić information content (AvgIpc) is 3.02. The fraction of sp³-hybridized carbons (Fsp3) is 0.176. The first-order valence-corrected chi connectivity index (χ1v) is 9.09. The zero-order valence-corrected chi connectivity index (χ0v) is 15.1. The van der Waals surface area contributed by atoms with E-state index < -0.39 is 17.5 Å². The molecule has 0 radical (unpaired) electrons. The van der Waals surface area contributed by atoms with Crippen molar-refractivity contribution >= 4 is 46.0 Å². The number of nitrogens with zero attached hydrogens (tertiary/aromatic N) is 2. The van der Waals surface area contributed by atoms with Crippen molar-refractivity contribution in [2.24, 2.45) is 4.99 Å². The topological polar surface area (TPSA) is 32.7 Å². The van der Waals surface area contributed by atoms with Crippen LogP contribution >= 0.6 is 35.0 Å². The van der Waals surface area contributed by atoms with E-state index in [-0.39, 0.29) is 16.3 Å². The van der Waals surface area contributed by atoms with E-state index in [1.165, 1.54) is 47.0 Å². The van der Waals surface area contributed by atoms with Crippen molar-refractivity contribution in [1.29, 1.82) is 0 Å². The van der Waals surface area contributed by atoms with Crippen molar-refractivity contribution in [3.05, 3.63) is 69.2 Å². The minimum Gasteiger partial charge on any atom is -0.285 e. The van der Waals surface area contributed by atoms with Crippen LogP contribution in [0.3, 0.4) is 0 Å². The Morgan fingerprint density at radius 3 is 2.48 bits per heavy atom. The maximum Gasteiger partial charge on any atom is 0.264 e. The highest BCUT2D eigenvalue weighted by molar-refractivity contribution is 8.13. The third kappa shape index (κ3) is 3.81. The summed E-state index contributed by atoms with van der Waals surface area (Å²) in [5, 5.41) is 0.739. The summed E-state index contributed by atoms with van der Waals surface area (Å²) < 4.78 is 27.9. The summed E-state index contributed by atoms with van der Waals surface area (Å²) in [6.45, 7) is 0.710. The van der Waals surface area contributed by atoms with Gasteiger partial charge in [0.1, 0.15) is 11.6 Å². The first kappa shape index (κ1) is 18.2. The van der Waals surface area contributed by atoms with Crippen molar-refractivity contribution in [3.8, 4) is 0 Å². The second-order valence-corrected chi connectivity index (χ2v) is 6.96. The molecule has 0 fully saturated rings. The molecule has 0 saturated heterocycles. The second kappa shape index (κ2) is 7.72. The molecule has 1 amide bonds.